The number of fused-ring (bicyclic) bond motifs is 6. The summed E-state index contributed by atoms with van der Waals surface area (Å²) in [5, 5.41) is 10.3. The minimum atomic E-state index is -0.917. The van der Waals surface area contributed by atoms with Crippen molar-refractivity contribution in [2.24, 2.45) is 9.98 Å². The molecule has 4 aliphatic heterocycles. The molecule has 2 aromatic rings. The monoisotopic (exact) mass is 703 g/mol. The van der Waals surface area contributed by atoms with Gasteiger partial charge in [0.15, 0.2) is 5.71 Å². The van der Waals surface area contributed by atoms with Crippen LogP contribution in [-0.2, 0) is 26.5 Å². The van der Waals surface area contributed by atoms with Gasteiger partial charge in [0.2, 0.25) is 5.69 Å². The topological polar surface area (TPSA) is 94.6 Å². The molecule has 0 atom stereocenters. The van der Waals surface area contributed by atoms with Gasteiger partial charge >= 0.3 is 5.97 Å². The molecule has 274 valence electrons. The van der Waals surface area contributed by atoms with Crippen LogP contribution in [0.15, 0.2) is 58.2 Å². The first-order valence-corrected chi connectivity index (χ1v) is 18.8. The summed E-state index contributed by atoms with van der Waals surface area (Å²) in [7, 11) is 0. The fourth-order valence-corrected chi connectivity index (χ4v) is 8.86. The third-order valence-electron chi connectivity index (χ3n) is 12.2. The van der Waals surface area contributed by atoms with Crippen LogP contribution < -0.4 is 9.64 Å². The number of carbonyl (C=O) groups excluding carboxylic acids is 1. The quantitative estimate of drug-likeness (QED) is 0.143. The first-order chi connectivity index (χ1) is 24.4. The van der Waals surface area contributed by atoms with Gasteiger partial charge in [-0.25, -0.2) is 4.79 Å². The van der Waals surface area contributed by atoms with E-state index in [0.29, 0.717) is 17.8 Å². The zero-order valence-corrected chi connectivity index (χ0v) is 33.1. The van der Waals surface area contributed by atoms with Crippen LogP contribution in [0.1, 0.15) is 135 Å². The number of carboxylic acid groups (broad SMARTS) is 1. The standard InChI is InChI=1S/C44H54N4O4/c1-13-15-22-48-30-24-31(52-25-49)37-39(46-27(4)42(37,7)8)36(30)44(11,12)33(48)20-18-16-17-19-32-43(9,10)35-29(47(32)21-14-2)23-28(40(50)51)34-38(35)45-26(3)41(34,5)6/h16-20,23-25H,13-15,21-22H2,1-12H3/p+1. The third kappa shape index (κ3) is 5.35. The first-order valence-electron chi connectivity index (χ1n) is 18.8. The number of hydrogen-bond acceptors (Lipinski definition) is 6. The van der Waals surface area contributed by atoms with E-state index < -0.39 is 16.8 Å². The number of carboxylic acids is 1. The zero-order chi connectivity index (χ0) is 38.1. The Morgan fingerprint density at radius 1 is 0.827 bits per heavy atom. The molecule has 0 fully saturated rings. The number of benzene rings is 2. The highest BCUT2D eigenvalue weighted by molar-refractivity contribution is 6.09. The van der Waals surface area contributed by atoms with Crippen LogP contribution in [0, 0.1) is 0 Å². The molecule has 8 nitrogen and oxygen atoms in total. The molecule has 1 N–H and O–H groups in total. The lowest BCUT2D eigenvalue weighted by Gasteiger charge is -2.26. The smallest absolute Gasteiger partial charge is 0.336 e. The number of ether oxygens (including phenoxy) is 1. The van der Waals surface area contributed by atoms with Gasteiger partial charge in [0.1, 0.15) is 12.3 Å². The molecule has 0 amide bonds. The molecule has 52 heavy (non-hydrogen) atoms. The van der Waals surface area contributed by atoms with Gasteiger partial charge in [-0.2, -0.15) is 4.58 Å². The van der Waals surface area contributed by atoms with Gasteiger partial charge in [0.05, 0.1) is 34.0 Å². The van der Waals surface area contributed by atoms with E-state index >= 15 is 0 Å². The first kappa shape index (κ1) is 37.2. The number of hydrogen-bond donors (Lipinski definition) is 1. The highest BCUT2D eigenvalue weighted by atomic mass is 16.5. The Labute approximate surface area is 309 Å². The molecule has 0 unspecified atom stereocenters. The largest absolute Gasteiger partial charge is 0.478 e. The Kier molecular flexibility index (Phi) is 9.16. The van der Waals surface area contributed by atoms with Gasteiger partial charge in [0, 0.05) is 74.8 Å². The molecule has 0 aliphatic carbocycles. The molecular formula is C44H55N4O4+. The number of nitrogens with zero attached hydrogens (tertiary/aromatic N) is 4. The highest BCUT2D eigenvalue weighted by Crippen LogP contribution is 2.58. The maximum atomic E-state index is 12.6. The number of aliphatic imine (C=N–C) groups is 2. The molecule has 0 spiro atoms. The van der Waals surface area contributed by atoms with Crippen molar-refractivity contribution in [2.45, 2.75) is 124 Å². The van der Waals surface area contributed by atoms with Crippen LogP contribution in [0.3, 0.4) is 0 Å². The second-order valence-electron chi connectivity index (χ2n) is 16.8. The van der Waals surface area contributed by atoms with Crippen molar-refractivity contribution in [1.82, 2.24) is 0 Å². The summed E-state index contributed by atoms with van der Waals surface area (Å²) in [6.45, 7) is 27.9. The Balaban J connectivity index is 1.41. The molecule has 0 bridgehead atoms. The summed E-state index contributed by atoms with van der Waals surface area (Å²) in [6, 6.07) is 3.92. The van der Waals surface area contributed by atoms with Crippen molar-refractivity contribution in [3.63, 3.8) is 0 Å². The molecule has 6 rings (SSSR count). The number of aromatic carboxylic acids is 1. The Hall–Kier alpha value is -4.59. The second-order valence-corrected chi connectivity index (χ2v) is 16.8. The Bertz CT molecular complexity index is 2080. The van der Waals surface area contributed by atoms with Gasteiger partial charge in [-0.15, -0.1) is 0 Å². The number of unbranched alkanes of at least 4 members (excludes halogenated alkanes) is 1. The van der Waals surface area contributed by atoms with Crippen LogP contribution in [0.25, 0.3) is 0 Å². The van der Waals surface area contributed by atoms with E-state index in [2.05, 4.69) is 116 Å². The van der Waals surface area contributed by atoms with Crippen molar-refractivity contribution < 1.29 is 24.0 Å². The summed E-state index contributed by atoms with van der Waals surface area (Å²) in [4.78, 5) is 36.7. The lowest BCUT2D eigenvalue weighted by atomic mass is 9.75. The van der Waals surface area contributed by atoms with Crippen molar-refractivity contribution in [2.75, 3.05) is 18.0 Å². The summed E-state index contributed by atoms with van der Waals surface area (Å²) < 4.78 is 8.01. The zero-order valence-electron chi connectivity index (χ0n) is 33.1. The van der Waals surface area contributed by atoms with E-state index in [0.717, 1.165) is 88.9 Å². The third-order valence-corrected chi connectivity index (χ3v) is 12.2. The number of carbonyl (C=O) groups is 2. The molecule has 4 heterocycles. The number of rotatable bonds is 11. The Morgan fingerprint density at radius 2 is 1.46 bits per heavy atom. The van der Waals surface area contributed by atoms with E-state index in [-0.39, 0.29) is 10.8 Å². The molecule has 8 heteroatoms. The van der Waals surface area contributed by atoms with Crippen molar-refractivity contribution in [3.8, 4) is 5.75 Å². The fraction of sp³-hybridized carbons (Fsp3) is 0.477. The number of anilines is 1. The van der Waals surface area contributed by atoms with Gasteiger partial charge in [0.25, 0.3) is 6.47 Å². The van der Waals surface area contributed by atoms with Gasteiger partial charge < -0.3 is 14.7 Å². The minimum Gasteiger partial charge on any atom is -0.478 e. The van der Waals surface area contributed by atoms with Crippen LogP contribution in [-0.4, -0.2) is 52.3 Å². The molecular weight excluding hydrogens is 649 g/mol. The van der Waals surface area contributed by atoms with Crippen molar-refractivity contribution >= 4 is 52.3 Å². The van der Waals surface area contributed by atoms with Gasteiger partial charge in [-0.05, 0) is 46.3 Å². The average molecular weight is 704 g/mol. The summed E-state index contributed by atoms with van der Waals surface area (Å²) in [5.74, 6) is -0.343. The van der Waals surface area contributed by atoms with E-state index in [9.17, 15) is 14.7 Å². The maximum Gasteiger partial charge on any atom is 0.336 e. The van der Waals surface area contributed by atoms with Crippen LogP contribution in [0.4, 0.5) is 22.7 Å². The van der Waals surface area contributed by atoms with Crippen molar-refractivity contribution in [1.29, 1.82) is 0 Å². The van der Waals surface area contributed by atoms with Gasteiger partial charge in [-0.3, -0.25) is 14.8 Å². The summed E-state index contributed by atoms with van der Waals surface area (Å²) in [6.07, 6.45) is 13.6. The molecule has 2 aromatic carbocycles. The van der Waals surface area contributed by atoms with E-state index in [4.69, 9.17) is 14.7 Å². The van der Waals surface area contributed by atoms with Crippen LogP contribution >= 0.6 is 0 Å². The predicted molar refractivity (Wildman–Crippen MR) is 213 cm³/mol. The lowest BCUT2D eigenvalue weighted by Crippen LogP contribution is -2.28. The van der Waals surface area contributed by atoms with E-state index in [1.54, 1.807) is 0 Å². The fourth-order valence-electron chi connectivity index (χ4n) is 8.86. The second kappa shape index (κ2) is 12.8. The van der Waals surface area contributed by atoms with E-state index in [1.807, 2.05) is 19.1 Å². The number of allylic oxidation sites excluding steroid dienone is 6. The maximum absolute atomic E-state index is 12.6. The van der Waals surface area contributed by atoms with E-state index in [1.165, 1.54) is 11.3 Å². The average Bonchev–Trinajstić information content (AvgIpc) is 3.61. The SMILES string of the molecule is CCCC[N+]1=C(/C=C/C=C/C=C2/N(CCC)c3cc(C(=O)O)c4c(c3C2(C)C)N=C(C)C4(C)C)C(C)(C)c2c1cc(OC=O)c1c2N=C(C)C1(C)C. The lowest BCUT2D eigenvalue weighted by molar-refractivity contribution is -0.438. The molecule has 0 aromatic heterocycles. The predicted octanol–water partition coefficient (Wildman–Crippen LogP) is 10.1. The van der Waals surface area contributed by atoms with Crippen LogP contribution in [0.5, 0.6) is 5.75 Å². The molecule has 0 saturated carbocycles. The van der Waals surface area contributed by atoms with Crippen molar-refractivity contribution in [3.05, 3.63) is 76.0 Å². The Morgan fingerprint density at radius 3 is 2.06 bits per heavy atom. The molecule has 4 aliphatic rings. The van der Waals surface area contributed by atoms with Crippen LogP contribution in [0.2, 0.25) is 0 Å². The summed E-state index contributed by atoms with van der Waals surface area (Å²) >= 11 is 0. The van der Waals surface area contributed by atoms with Gasteiger partial charge in [-0.1, -0.05) is 80.0 Å². The minimum absolute atomic E-state index is 0.334. The summed E-state index contributed by atoms with van der Waals surface area (Å²) in [5.41, 5.74) is 10.8. The normalized spacial score (nSPS) is 20.8. The molecule has 0 radical (unpaired) electrons. The molecule has 0 saturated heterocycles. The highest BCUT2D eigenvalue weighted by Gasteiger charge is 2.51.